The van der Waals surface area contributed by atoms with Crippen molar-refractivity contribution in [1.82, 2.24) is 0 Å². The second kappa shape index (κ2) is 4.20. The lowest BCUT2D eigenvalue weighted by atomic mass is 10.2. The third-order valence-electron chi connectivity index (χ3n) is 1.31. The molecule has 0 aromatic heterocycles. The molecule has 0 N–H and O–H groups in total. The second-order valence-corrected chi connectivity index (χ2v) is 2.25. The summed E-state index contributed by atoms with van der Waals surface area (Å²) in [5.74, 6) is 0.934. The zero-order valence-corrected chi connectivity index (χ0v) is 6.49. The van der Waals surface area contributed by atoms with Crippen molar-refractivity contribution in [1.29, 1.82) is 0 Å². The summed E-state index contributed by atoms with van der Waals surface area (Å²) in [6.45, 7) is 1.38. The zero-order chi connectivity index (χ0) is 7.23. The van der Waals surface area contributed by atoms with Crippen molar-refractivity contribution >= 4 is 17.4 Å². The normalized spacial score (nSPS) is 16.6. The molecule has 0 spiro atoms. The third kappa shape index (κ3) is 2.29. The van der Waals surface area contributed by atoms with Gasteiger partial charge in [-0.1, -0.05) is 0 Å². The Balaban J connectivity index is 2.38. The van der Waals surface area contributed by atoms with Crippen LogP contribution in [0.15, 0.2) is 16.8 Å². The average molecular weight is 155 g/mol. The smallest absolute Gasteiger partial charge is 0.114 e. The Kier molecular flexibility index (Phi) is 3.13. The molecule has 0 saturated carbocycles. The number of hydrogen-bond donors (Lipinski definition) is 0. The molecule has 0 aromatic rings. The van der Waals surface area contributed by atoms with Gasteiger partial charge in [-0.25, -0.2) is 4.99 Å². The van der Waals surface area contributed by atoms with Crippen LogP contribution < -0.4 is 0 Å². The van der Waals surface area contributed by atoms with E-state index in [0.717, 1.165) is 25.2 Å². The van der Waals surface area contributed by atoms with Gasteiger partial charge in [0, 0.05) is 0 Å². The number of hydrogen-bond acceptors (Lipinski definition) is 3. The predicted octanol–water partition coefficient (Wildman–Crippen LogP) is 1.78. The van der Waals surface area contributed by atoms with Gasteiger partial charge in [0.1, 0.15) is 12.3 Å². The Morgan fingerprint density at radius 2 is 2.70 bits per heavy atom. The van der Waals surface area contributed by atoms with Crippen LogP contribution in [-0.4, -0.2) is 18.3 Å². The van der Waals surface area contributed by atoms with Crippen LogP contribution in [0, 0.1) is 0 Å². The first-order chi connectivity index (χ1) is 4.93. The highest BCUT2D eigenvalue weighted by Crippen LogP contribution is 2.09. The molecule has 0 bridgehead atoms. The van der Waals surface area contributed by atoms with Gasteiger partial charge < -0.3 is 4.74 Å². The van der Waals surface area contributed by atoms with Gasteiger partial charge in [-0.3, -0.25) is 0 Å². The van der Waals surface area contributed by atoms with Crippen LogP contribution in [0.4, 0.5) is 0 Å². The van der Waals surface area contributed by atoms with Crippen molar-refractivity contribution in [2.24, 2.45) is 4.99 Å². The van der Waals surface area contributed by atoms with Crippen LogP contribution >= 0.6 is 12.2 Å². The minimum atomic E-state index is 0.559. The van der Waals surface area contributed by atoms with Gasteiger partial charge in [-0.15, -0.1) is 0 Å². The van der Waals surface area contributed by atoms with Crippen LogP contribution in [0.5, 0.6) is 0 Å². The fourth-order valence-electron chi connectivity index (χ4n) is 0.829. The fourth-order valence-corrected chi connectivity index (χ4v) is 0.894. The molecule has 1 heterocycles. The molecule has 10 heavy (non-hydrogen) atoms. The van der Waals surface area contributed by atoms with E-state index in [0.29, 0.717) is 6.54 Å². The number of aliphatic imine (C=N–C) groups is 1. The minimum absolute atomic E-state index is 0.559. The van der Waals surface area contributed by atoms with Gasteiger partial charge in [0.25, 0.3) is 0 Å². The average Bonchev–Trinajstić information content (AvgIpc) is 2.03. The quantitative estimate of drug-likeness (QED) is 0.448. The molecular weight excluding hydrogens is 146 g/mol. The summed E-state index contributed by atoms with van der Waals surface area (Å²) in [7, 11) is 0. The summed E-state index contributed by atoms with van der Waals surface area (Å²) in [6, 6.07) is 0. The third-order valence-corrected chi connectivity index (χ3v) is 1.44. The molecule has 0 amide bonds. The molecule has 3 heteroatoms. The van der Waals surface area contributed by atoms with E-state index in [1.165, 1.54) is 0 Å². The van der Waals surface area contributed by atoms with E-state index >= 15 is 0 Å². The van der Waals surface area contributed by atoms with Gasteiger partial charge >= 0.3 is 0 Å². The Hall–Kier alpha value is -0.660. The molecule has 2 nitrogen and oxygen atoms in total. The molecule has 1 aliphatic rings. The Morgan fingerprint density at radius 3 is 3.30 bits per heavy atom. The number of nitrogens with zero attached hydrogens (tertiary/aromatic N) is 1. The number of rotatable bonds is 2. The van der Waals surface area contributed by atoms with Crippen molar-refractivity contribution in [2.45, 2.75) is 12.8 Å². The van der Waals surface area contributed by atoms with E-state index in [2.05, 4.69) is 28.4 Å². The maximum Gasteiger partial charge on any atom is 0.114 e. The topological polar surface area (TPSA) is 21.6 Å². The zero-order valence-electron chi connectivity index (χ0n) is 5.67. The first-order valence-electron chi connectivity index (χ1n) is 3.29. The summed E-state index contributed by atoms with van der Waals surface area (Å²) in [6.07, 6.45) is 4.27. The highest BCUT2D eigenvalue weighted by atomic mass is 32.1. The summed E-state index contributed by atoms with van der Waals surface area (Å²) in [4.78, 5) is 3.77. The first kappa shape index (κ1) is 7.45. The van der Waals surface area contributed by atoms with Crippen molar-refractivity contribution < 1.29 is 4.74 Å². The monoisotopic (exact) mass is 155 g/mol. The minimum Gasteiger partial charge on any atom is -0.496 e. The van der Waals surface area contributed by atoms with E-state index < -0.39 is 0 Å². The molecule has 0 unspecified atom stereocenters. The van der Waals surface area contributed by atoms with Crippen molar-refractivity contribution in [3.05, 3.63) is 11.8 Å². The second-order valence-electron chi connectivity index (χ2n) is 2.07. The summed E-state index contributed by atoms with van der Waals surface area (Å²) < 4.78 is 5.26. The number of isothiocyanates is 1. The Morgan fingerprint density at radius 1 is 1.80 bits per heavy atom. The van der Waals surface area contributed by atoms with Crippen LogP contribution in [-0.2, 0) is 4.74 Å². The van der Waals surface area contributed by atoms with E-state index in [1.54, 1.807) is 0 Å². The number of ether oxygens (including phenoxy) is 1. The van der Waals surface area contributed by atoms with Crippen molar-refractivity contribution in [2.75, 3.05) is 13.2 Å². The SMILES string of the molecule is S=C=NCC1=CCCCO1. The lowest BCUT2D eigenvalue weighted by molar-refractivity contribution is 0.191. The maximum atomic E-state index is 5.26. The number of thiocarbonyl (C=S) groups is 1. The molecule has 1 rings (SSSR count). The van der Waals surface area contributed by atoms with Crippen LogP contribution in [0.1, 0.15) is 12.8 Å². The van der Waals surface area contributed by atoms with Gasteiger partial charge in [0.2, 0.25) is 0 Å². The molecular formula is C7H9NOS. The highest BCUT2D eigenvalue weighted by Gasteiger charge is 2.01. The molecule has 0 radical (unpaired) electrons. The molecule has 0 atom stereocenters. The van der Waals surface area contributed by atoms with Crippen molar-refractivity contribution in [3.63, 3.8) is 0 Å². The lowest BCUT2D eigenvalue weighted by Gasteiger charge is -2.11. The van der Waals surface area contributed by atoms with Crippen LogP contribution in [0.25, 0.3) is 0 Å². The molecule has 0 aromatic carbocycles. The lowest BCUT2D eigenvalue weighted by Crippen LogP contribution is -2.02. The molecule has 0 aliphatic carbocycles. The fraction of sp³-hybridized carbons (Fsp3) is 0.571. The van der Waals surface area contributed by atoms with E-state index in [1.807, 2.05) is 0 Å². The Labute approximate surface area is 65.6 Å². The largest absolute Gasteiger partial charge is 0.496 e. The van der Waals surface area contributed by atoms with Gasteiger partial charge in [0.15, 0.2) is 0 Å². The predicted molar refractivity (Wildman–Crippen MR) is 43.2 cm³/mol. The van der Waals surface area contributed by atoms with E-state index in [4.69, 9.17) is 4.74 Å². The summed E-state index contributed by atoms with van der Waals surface area (Å²) in [5, 5.41) is 2.30. The first-order valence-corrected chi connectivity index (χ1v) is 3.70. The summed E-state index contributed by atoms with van der Waals surface area (Å²) >= 11 is 4.42. The van der Waals surface area contributed by atoms with Crippen molar-refractivity contribution in [3.8, 4) is 0 Å². The molecule has 0 fully saturated rings. The molecule has 0 saturated heterocycles. The van der Waals surface area contributed by atoms with Gasteiger partial charge in [-0.05, 0) is 31.1 Å². The number of allylic oxidation sites excluding steroid dienone is 1. The van der Waals surface area contributed by atoms with E-state index in [9.17, 15) is 0 Å². The highest BCUT2D eigenvalue weighted by molar-refractivity contribution is 7.78. The molecule has 1 aliphatic heterocycles. The molecule has 54 valence electrons. The maximum absolute atomic E-state index is 5.26. The van der Waals surface area contributed by atoms with Gasteiger partial charge in [0.05, 0.1) is 11.8 Å². The van der Waals surface area contributed by atoms with Crippen LogP contribution in [0.2, 0.25) is 0 Å². The standard InChI is InChI=1S/C7H9NOS/c10-6-8-5-7-3-1-2-4-9-7/h3H,1-2,4-5H2. The van der Waals surface area contributed by atoms with E-state index in [-0.39, 0.29) is 0 Å². The van der Waals surface area contributed by atoms with Gasteiger partial charge in [-0.2, -0.15) is 0 Å². The summed E-state index contributed by atoms with van der Waals surface area (Å²) in [5.41, 5.74) is 0. The van der Waals surface area contributed by atoms with Crippen LogP contribution in [0.3, 0.4) is 0 Å². The Bertz CT molecular complexity index is 182.